The Morgan fingerprint density at radius 3 is 2.53 bits per heavy atom. The Morgan fingerprint density at radius 1 is 1.11 bits per heavy atom. The molecule has 0 heterocycles. The number of anilines is 1. The van der Waals surface area contributed by atoms with Gasteiger partial charge < -0.3 is 10.4 Å². The normalized spacial score (nSPS) is 12.2. The van der Waals surface area contributed by atoms with Crippen molar-refractivity contribution in [3.8, 4) is 0 Å². The van der Waals surface area contributed by atoms with Crippen LogP contribution in [-0.2, 0) is 0 Å². The van der Waals surface area contributed by atoms with E-state index in [1.807, 2.05) is 42.5 Å². The van der Waals surface area contributed by atoms with Crippen molar-refractivity contribution >= 4 is 49.1 Å². The first-order valence-electron chi connectivity index (χ1n) is 5.68. The van der Waals surface area contributed by atoms with E-state index in [4.69, 9.17) is 11.6 Å². The first-order valence-corrected chi connectivity index (χ1v) is 7.65. The SMILES string of the molecule is OCC(Nc1ccccc1Br)c1cc(Cl)ccc1Br. The molecular formula is C14H12Br2ClNO. The minimum Gasteiger partial charge on any atom is -0.394 e. The highest BCUT2D eigenvalue weighted by Gasteiger charge is 2.15. The number of rotatable bonds is 4. The van der Waals surface area contributed by atoms with E-state index in [9.17, 15) is 5.11 Å². The minimum atomic E-state index is -0.230. The molecule has 0 aromatic heterocycles. The summed E-state index contributed by atoms with van der Waals surface area (Å²) in [5, 5.41) is 13.5. The van der Waals surface area contributed by atoms with Crippen LogP contribution in [-0.4, -0.2) is 11.7 Å². The van der Waals surface area contributed by atoms with Crippen LogP contribution in [0.1, 0.15) is 11.6 Å². The second kappa shape index (κ2) is 6.75. The van der Waals surface area contributed by atoms with Crippen LogP contribution in [0, 0.1) is 0 Å². The summed E-state index contributed by atoms with van der Waals surface area (Å²) in [5.41, 5.74) is 1.85. The van der Waals surface area contributed by atoms with E-state index in [-0.39, 0.29) is 12.6 Å². The summed E-state index contributed by atoms with van der Waals surface area (Å²) in [6.07, 6.45) is 0. The third-order valence-electron chi connectivity index (χ3n) is 2.72. The molecule has 0 aliphatic carbocycles. The highest BCUT2D eigenvalue weighted by atomic mass is 79.9. The zero-order chi connectivity index (χ0) is 13.8. The molecule has 5 heteroatoms. The zero-order valence-corrected chi connectivity index (χ0v) is 13.8. The van der Waals surface area contributed by atoms with Crippen molar-refractivity contribution in [3.63, 3.8) is 0 Å². The van der Waals surface area contributed by atoms with Crippen LogP contribution in [0.4, 0.5) is 5.69 Å². The van der Waals surface area contributed by atoms with Crippen LogP contribution in [0.15, 0.2) is 51.4 Å². The van der Waals surface area contributed by atoms with E-state index in [1.54, 1.807) is 0 Å². The monoisotopic (exact) mass is 403 g/mol. The molecule has 0 saturated carbocycles. The predicted molar refractivity (Wildman–Crippen MR) is 86.7 cm³/mol. The van der Waals surface area contributed by atoms with Crippen molar-refractivity contribution in [1.82, 2.24) is 0 Å². The van der Waals surface area contributed by atoms with Crippen molar-refractivity contribution in [3.05, 3.63) is 62.0 Å². The van der Waals surface area contributed by atoms with Crippen LogP contribution >= 0.6 is 43.5 Å². The molecule has 0 aliphatic heterocycles. The number of benzene rings is 2. The summed E-state index contributed by atoms with van der Waals surface area (Å²) in [6, 6.07) is 13.1. The van der Waals surface area contributed by atoms with Gasteiger partial charge in [0.1, 0.15) is 0 Å². The molecule has 100 valence electrons. The average molecular weight is 406 g/mol. The van der Waals surface area contributed by atoms with Gasteiger partial charge in [0.25, 0.3) is 0 Å². The fourth-order valence-corrected chi connectivity index (χ4v) is 2.87. The van der Waals surface area contributed by atoms with Gasteiger partial charge in [-0.25, -0.2) is 0 Å². The quantitative estimate of drug-likeness (QED) is 0.749. The second-order valence-corrected chi connectivity index (χ2v) is 6.17. The van der Waals surface area contributed by atoms with Crippen molar-refractivity contribution in [1.29, 1.82) is 0 Å². The van der Waals surface area contributed by atoms with Gasteiger partial charge in [0.2, 0.25) is 0 Å². The molecule has 2 aromatic rings. The smallest absolute Gasteiger partial charge is 0.0756 e. The molecule has 2 aromatic carbocycles. The summed E-state index contributed by atoms with van der Waals surface area (Å²) in [5.74, 6) is 0. The molecule has 0 radical (unpaired) electrons. The van der Waals surface area contributed by atoms with E-state index in [0.29, 0.717) is 5.02 Å². The lowest BCUT2D eigenvalue weighted by molar-refractivity contribution is 0.276. The molecule has 2 N–H and O–H groups in total. The number of hydrogen-bond donors (Lipinski definition) is 2. The standard InChI is InChI=1S/C14H12Br2ClNO/c15-11-6-5-9(17)7-10(11)14(8-19)18-13-4-2-1-3-12(13)16/h1-7,14,18-19H,8H2. The van der Waals surface area contributed by atoms with Crippen molar-refractivity contribution in [2.45, 2.75) is 6.04 Å². The molecule has 1 unspecified atom stereocenters. The molecule has 0 aliphatic rings. The van der Waals surface area contributed by atoms with Crippen molar-refractivity contribution < 1.29 is 5.11 Å². The second-order valence-electron chi connectivity index (χ2n) is 4.03. The Bertz CT molecular complexity index is 577. The van der Waals surface area contributed by atoms with Crippen LogP contribution in [0.2, 0.25) is 5.02 Å². The van der Waals surface area contributed by atoms with Gasteiger partial charge in [0, 0.05) is 19.7 Å². The molecule has 0 bridgehead atoms. The fourth-order valence-electron chi connectivity index (χ4n) is 1.77. The third kappa shape index (κ3) is 3.72. The number of halogens is 3. The fraction of sp³-hybridized carbons (Fsp3) is 0.143. The molecule has 0 fully saturated rings. The summed E-state index contributed by atoms with van der Waals surface area (Å²) >= 11 is 13.0. The maximum Gasteiger partial charge on any atom is 0.0756 e. The van der Waals surface area contributed by atoms with Gasteiger partial charge in [-0.15, -0.1) is 0 Å². The van der Waals surface area contributed by atoms with E-state index < -0.39 is 0 Å². The Morgan fingerprint density at radius 2 is 1.84 bits per heavy atom. The highest BCUT2D eigenvalue weighted by molar-refractivity contribution is 9.11. The maximum absolute atomic E-state index is 9.61. The Balaban J connectivity index is 2.30. The summed E-state index contributed by atoms with van der Waals surface area (Å²) < 4.78 is 1.86. The Kier molecular flexibility index (Phi) is 5.28. The van der Waals surface area contributed by atoms with Gasteiger partial charge in [-0.2, -0.15) is 0 Å². The van der Waals surface area contributed by atoms with Gasteiger partial charge >= 0.3 is 0 Å². The average Bonchev–Trinajstić information content (AvgIpc) is 2.41. The molecule has 0 saturated heterocycles. The molecule has 2 nitrogen and oxygen atoms in total. The molecule has 2 rings (SSSR count). The summed E-state index contributed by atoms with van der Waals surface area (Å²) in [7, 11) is 0. The lowest BCUT2D eigenvalue weighted by Gasteiger charge is -2.20. The predicted octanol–water partition coefficient (Wildman–Crippen LogP) is 5.01. The zero-order valence-electron chi connectivity index (χ0n) is 9.91. The van der Waals surface area contributed by atoms with E-state index in [2.05, 4.69) is 37.2 Å². The van der Waals surface area contributed by atoms with Crippen molar-refractivity contribution in [2.24, 2.45) is 0 Å². The van der Waals surface area contributed by atoms with Gasteiger partial charge in [-0.1, -0.05) is 39.7 Å². The number of aliphatic hydroxyl groups excluding tert-OH is 1. The third-order valence-corrected chi connectivity index (χ3v) is 4.37. The van der Waals surface area contributed by atoms with E-state index in [0.717, 1.165) is 20.2 Å². The Labute approximate surface area is 134 Å². The minimum absolute atomic E-state index is 0.0275. The van der Waals surface area contributed by atoms with Gasteiger partial charge in [-0.05, 0) is 51.8 Å². The number of nitrogens with one attached hydrogen (secondary N) is 1. The summed E-state index contributed by atoms with van der Waals surface area (Å²) in [4.78, 5) is 0. The summed E-state index contributed by atoms with van der Waals surface area (Å²) in [6.45, 7) is -0.0275. The number of hydrogen-bond acceptors (Lipinski definition) is 2. The molecular weight excluding hydrogens is 393 g/mol. The van der Waals surface area contributed by atoms with Crippen LogP contribution in [0.25, 0.3) is 0 Å². The molecule has 19 heavy (non-hydrogen) atoms. The maximum atomic E-state index is 9.61. The lowest BCUT2D eigenvalue weighted by Crippen LogP contribution is -2.15. The van der Waals surface area contributed by atoms with Gasteiger partial charge in [0.05, 0.1) is 12.6 Å². The van der Waals surface area contributed by atoms with E-state index >= 15 is 0 Å². The van der Waals surface area contributed by atoms with Gasteiger partial charge in [-0.3, -0.25) is 0 Å². The highest BCUT2D eigenvalue weighted by Crippen LogP contribution is 2.31. The van der Waals surface area contributed by atoms with Crippen LogP contribution in [0.5, 0.6) is 0 Å². The van der Waals surface area contributed by atoms with Crippen molar-refractivity contribution in [2.75, 3.05) is 11.9 Å². The lowest BCUT2D eigenvalue weighted by atomic mass is 10.1. The van der Waals surface area contributed by atoms with Gasteiger partial charge in [0.15, 0.2) is 0 Å². The number of para-hydroxylation sites is 1. The number of aliphatic hydroxyl groups is 1. The molecule has 0 amide bonds. The first kappa shape index (κ1) is 14.9. The molecule has 0 spiro atoms. The first-order chi connectivity index (χ1) is 9.11. The van der Waals surface area contributed by atoms with Crippen LogP contribution < -0.4 is 5.32 Å². The van der Waals surface area contributed by atoms with E-state index in [1.165, 1.54) is 0 Å². The topological polar surface area (TPSA) is 32.3 Å². The Hall–Kier alpha value is -0.550. The van der Waals surface area contributed by atoms with Crippen LogP contribution in [0.3, 0.4) is 0 Å². The largest absolute Gasteiger partial charge is 0.394 e. The molecule has 1 atom stereocenters.